The summed E-state index contributed by atoms with van der Waals surface area (Å²) in [7, 11) is 0. The SMILES string of the molecule is C#CC1CCC2C3CCC4=CC(O)CCC4(C)C3CCC12C. The fourth-order valence-electron chi connectivity index (χ4n) is 6.98. The van der Waals surface area contributed by atoms with Gasteiger partial charge in [-0.3, -0.25) is 0 Å². The van der Waals surface area contributed by atoms with Gasteiger partial charge < -0.3 is 5.11 Å². The zero-order valence-corrected chi connectivity index (χ0v) is 14.1. The van der Waals surface area contributed by atoms with E-state index in [9.17, 15) is 5.11 Å². The summed E-state index contributed by atoms with van der Waals surface area (Å²) < 4.78 is 0. The molecule has 1 N–H and O–H groups in total. The molecule has 1 heteroatoms. The van der Waals surface area contributed by atoms with E-state index in [0.29, 0.717) is 16.7 Å². The first kappa shape index (κ1) is 14.8. The third-order valence-corrected chi connectivity index (χ3v) is 8.29. The van der Waals surface area contributed by atoms with Crippen LogP contribution in [-0.4, -0.2) is 11.2 Å². The lowest BCUT2D eigenvalue weighted by molar-refractivity contribution is -0.0486. The molecule has 0 aromatic heterocycles. The standard InChI is InChI=1S/C21H30O/c1-4-14-6-8-18-17-7-5-15-13-16(22)9-11-21(15,3)19(17)10-12-20(14,18)2/h1,13-14,16-19,22H,5-12H2,2-3H3. The van der Waals surface area contributed by atoms with Gasteiger partial charge in [-0.15, -0.1) is 12.3 Å². The van der Waals surface area contributed by atoms with Gasteiger partial charge >= 0.3 is 0 Å². The summed E-state index contributed by atoms with van der Waals surface area (Å²) in [5, 5.41) is 10.0. The van der Waals surface area contributed by atoms with E-state index in [0.717, 1.165) is 24.2 Å². The second kappa shape index (κ2) is 4.88. The second-order valence-electron chi connectivity index (χ2n) is 8.97. The van der Waals surface area contributed by atoms with Crippen LogP contribution in [0.25, 0.3) is 0 Å². The van der Waals surface area contributed by atoms with Gasteiger partial charge in [0.2, 0.25) is 0 Å². The van der Waals surface area contributed by atoms with Crippen LogP contribution in [0.15, 0.2) is 11.6 Å². The molecule has 4 rings (SSSR count). The number of rotatable bonds is 0. The van der Waals surface area contributed by atoms with Crippen LogP contribution in [0.4, 0.5) is 0 Å². The van der Waals surface area contributed by atoms with E-state index in [2.05, 4.69) is 25.8 Å². The van der Waals surface area contributed by atoms with Crippen LogP contribution in [0, 0.1) is 46.8 Å². The molecule has 0 aliphatic heterocycles. The van der Waals surface area contributed by atoms with Gasteiger partial charge in [0.05, 0.1) is 6.10 Å². The molecule has 0 radical (unpaired) electrons. The Balaban J connectivity index is 1.67. The van der Waals surface area contributed by atoms with Crippen LogP contribution < -0.4 is 0 Å². The highest BCUT2D eigenvalue weighted by molar-refractivity contribution is 5.26. The van der Waals surface area contributed by atoms with Crippen molar-refractivity contribution in [2.24, 2.45) is 34.5 Å². The molecule has 0 aromatic carbocycles. The number of hydrogen-bond acceptors (Lipinski definition) is 1. The number of hydrogen-bond donors (Lipinski definition) is 1. The number of fused-ring (bicyclic) bond motifs is 5. The molecule has 0 amide bonds. The van der Waals surface area contributed by atoms with Gasteiger partial charge in [-0.1, -0.05) is 25.5 Å². The Bertz CT molecular complexity index is 541. The van der Waals surface area contributed by atoms with Gasteiger partial charge in [0.15, 0.2) is 0 Å². The summed E-state index contributed by atoms with van der Waals surface area (Å²) >= 11 is 0. The average molecular weight is 298 g/mol. The lowest BCUT2D eigenvalue weighted by Gasteiger charge is -2.58. The third-order valence-electron chi connectivity index (χ3n) is 8.29. The molecule has 1 nitrogen and oxygen atoms in total. The predicted molar refractivity (Wildman–Crippen MR) is 90.0 cm³/mol. The van der Waals surface area contributed by atoms with Crippen molar-refractivity contribution in [3.8, 4) is 12.3 Å². The number of aliphatic hydroxyl groups is 1. The predicted octanol–water partition coefficient (Wildman–Crippen LogP) is 4.56. The summed E-state index contributed by atoms with van der Waals surface area (Å²) in [4.78, 5) is 0. The number of allylic oxidation sites excluding steroid dienone is 1. The summed E-state index contributed by atoms with van der Waals surface area (Å²) in [5.74, 6) is 6.18. The summed E-state index contributed by atoms with van der Waals surface area (Å²) in [5.41, 5.74) is 2.34. The quantitative estimate of drug-likeness (QED) is 0.513. The number of terminal acetylenes is 1. The third kappa shape index (κ3) is 1.83. The van der Waals surface area contributed by atoms with Crippen molar-refractivity contribution >= 4 is 0 Å². The first-order valence-electron chi connectivity index (χ1n) is 9.34. The Hall–Kier alpha value is -0.740. The molecule has 7 unspecified atom stereocenters. The minimum absolute atomic E-state index is 0.189. The van der Waals surface area contributed by atoms with Crippen molar-refractivity contribution in [3.05, 3.63) is 11.6 Å². The highest BCUT2D eigenvalue weighted by Crippen LogP contribution is 2.66. The number of aliphatic hydroxyl groups excluding tert-OH is 1. The van der Waals surface area contributed by atoms with E-state index in [-0.39, 0.29) is 6.10 Å². The topological polar surface area (TPSA) is 20.2 Å². The van der Waals surface area contributed by atoms with Crippen molar-refractivity contribution in [1.29, 1.82) is 0 Å². The first-order valence-corrected chi connectivity index (χ1v) is 9.34. The van der Waals surface area contributed by atoms with E-state index < -0.39 is 0 Å². The van der Waals surface area contributed by atoms with Gasteiger partial charge in [-0.25, -0.2) is 0 Å². The van der Waals surface area contributed by atoms with Gasteiger partial charge in [-0.05, 0) is 80.0 Å². The van der Waals surface area contributed by atoms with E-state index >= 15 is 0 Å². The Kier molecular flexibility index (Phi) is 3.29. The molecular weight excluding hydrogens is 268 g/mol. The van der Waals surface area contributed by atoms with E-state index in [1.54, 1.807) is 5.57 Å². The Labute approximate surface area is 135 Å². The zero-order valence-electron chi connectivity index (χ0n) is 14.1. The molecule has 0 spiro atoms. The van der Waals surface area contributed by atoms with Crippen LogP contribution in [0.1, 0.15) is 65.2 Å². The molecule has 0 bridgehead atoms. The molecule has 4 aliphatic carbocycles. The summed E-state index contributed by atoms with van der Waals surface area (Å²) in [6, 6.07) is 0. The fourth-order valence-corrected chi connectivity index (χ4v) is 6.98. The van der Waals surface area contributed by atoms with Crippen molar-refractivity contribution in [2.45, 2.75) is 71.3 Å². The van der Waals surface area contributed by atoms with Gasteiger partial charge in [0.1, 0.15) is 0 Å². The molecule has 7 atom stereocenters. The largest absolute Gasteiger partial charge is 0.389 e. The van der Waals surface area contributed by atoms with Crippen molar-refractivity contribution in [1.82, 2.24) is 0 Å². The minimum Gasteiger partial charge on any atom is -0.389 e. The van der Waals surface area contributed by atoms with Crippen molar-refractivity contribution < 1.29 is 5.11 Å². The fraction of sp³-hybridized carbons (Fsp3) is 0.810. The first-order chi connectivity index (χ1) is 10.5. The van der Waals surface area contributed by atoms with Gasteiger partial charge in [0, 0.05) is 5.92 Å². The smallest absolute Gasteiger partial charge is 0.0724 e. The second-order valence-corrected chi connectivity index (χ2v) is 8.97. The molecule has 3 saturated carbocycles. The molecule has 22 heavy (non-hydrogen) atoms. The van der Waals surface area contributed by atoms with E-state index in [4.69, 9.17) is 6.42 Å². The maximum atomic E-state index is 10.0. The van der Waals surface area contributed by atoms with Crippen LogP contribution in [0.5, 0.6) is 0 Å². The van der Waals surface area contributed by atoms with Crippen molar-refractivity contribution in [2.75, 3.05) is 0 Å². The normalized spacial score (nSPS) is 53.7. The average Bonchev–Trinajstić information content (AvgIpc) is 2.84. The van der Waals surface area contributed by atoms with Crippen molar-refractivity contribution in [3.63, 3.8) is 0 Å². The maximum Gasteiger partial charge on any atom is 0.0724 e. The molecule has 120 valence electrons. The molecule has 0 heterocycles. The molecule has 0 aromatic rings. The molecule has 0 saturated heterocycles. The molecular formula is C21H30O. The van der Waals surface area contributed by atoms with Gasteiger partial charge in [-0.2, -0.15) is 0 Å². The minimum atomic E-state index is -0.189. The van der Waals surface area contributed by atoms with Crippen LogP contribution >= 0.6 is 0 Å². The summed E-state index contributed by atoms with van der Waals surface area (Å²) in [6.45, 7) is 4.99. The van der Waals surface area contributed by atoms with Crippen LogP contribution in [0.2, 0.25) is 0 Å². The lowest BCUT2D eigenvalue weighted by Crippen LogP contribution is -2.50. The summed E-state index contributed by atoms with van der Waals surface area (Å²) in [6.07, 6.45) is 17.8. The Morgan fingerprint density at radius 3 is 2.68 bits per heavy atom. The van der Waals surface area contributed by atoms with Crippen LogP contribution in [-0.2, 0) is 0 Å². The van der Waals surface area contributed by atoms with E-state index in [1.807, 2.05) is 0 Å². The van der Waals surface area contributed by atoms with Gasteiger partial charge in [0.25, 0.3) is 0 Å². The molecule has 4 aliphatic rings. The maximum absolute atomic E-state index is 10.0. The highest BCUT2D eigenvalue weighted by atomic mass is 16.3. The highest BCUT2D eigenvalue weighted by Gasteiger charge is 2.58. The Morgan fingerprint density at radius 1 is 1.09 bits per heavy atom. The Morgan fingerprint density at radius 2 is 1.91 bits per heavy atom. The zero-order chi connectivity index (χ0) is 15.5. The lowest BCUT2D eigenvalue weighted by atomic mass is 9.47. The molecule has 3 fully saturated rings. The van der Waals surface area contributed by atoms with Crippen LogP contribution in [0.3, 0.4) is 0 Å². The van der Waals surface area contributed by atoms with E-state index in [1.165, 1.54) is 44.9 Å². The monoisotopic (exact) mass is 298 g/mol.